The maximum Gasteiger partial charge on any atom is 0.255 e. The number of likely N-dealkylation sites (N-methyl/N-ethyl adjacent to an activating group) is 1. The van der Waals surface area contributed by atoms with E-state index < -0.39 is 17.4 Å². The van der Waals surface area contributed by atoms with Crippen molar-refractivity contribution in [3.8, 4) is 16.9 Å². The second-order valence-corrected chi connectivity index (χ2v) is 8.43. The number of benzene rings is 2. The topological polar surface area (TPSA) is 56.7 Å². The van der Waals surface area contributed by atoms with E-state index in [1.54, 1.807) is 17.2 Å². The van der Waals surface area contributed by atoms with Gasteiger partial charge in [0.15, 0.2) is 0 Å². The molecule has 1 saturated heterocycles. The summed E-state index contributed by atoms with van der Waals surface area (Å²) in [4.78, 5) is 17.4. The van der Waals surface area contributed by atoms with Crippen molar-refractivity contribution in [1.82, 2.24) is 14.2 Å². The van der Waals surface area contributed by atoms with Gasteiger partial charge in [0.1, 0.15) is 17.4 Å². The largest absolute Gasteiger partial charge is 0.508 e. The molecule has 0 unspecified atom stereocenters. The molecule has 1 amide bonds. The molecule has 0 bridgehead atoms. The molecule has 2 heterocycles. The minimum absolute atomic E-state index is 0.174. The number of aromatic nitrogens is 1. The van der Waals surface area contributed by atoms with Gasteiger partial charge in [-0.05, 0) is 50.1 Å². The lowest BCUT2D eigenvalue weighted by atomic mass is 9.98. The molecule has 1 aliphatic heterocycles. The second-order valence-electron chi connectivity index (χ2n) is 7.63. The van der Waals surface area contributed by atoms with Crippen LogP contribution in [0.15, 0.2) is 30.5 Å². The molecule has 29 heavy (non-hydrogen) atoms. The molecule has 5 nitrogen and oxygen atoms in total. The van der Waals surface area contributed by atoms with Crippen LogP contribution in [-0.4, -0.2) is 57.4 Å². The first-order chi connectivity index (χ1) is 13.8. The van der Waals surface area contributed by atoms with Gasteiger partial charge in [0, 0.05) is 48.9 Å². The van der Waals surface area contributed by atoms with Crippen LogP contribution >= 0.6 is 11.5 Å². The maximum absolute atomic E-state index is 14.4. The molecule has 152 valence electrons. The first-order valence-corrected chi connectivity index (χ1v) is 10.1. The summed E-state index contributed by atoms with van der Waals surface area (Å²) >= 11 is 1.19. The van der Waals surface area contributed by atoms with Crippen molar-refractivity contribution < 1.29 is 18.7 Å². The zero-order valence-corrected chi connectivity index (χ0v) is 17.1. The molecule has 2 atom stereocenters. The molecule has 0 aliphatic carbocycles. The summed E-state index contributed by atoms with van der Waals surface area (Å²) in [6.45, 7) is 5.28. The summed E-state index contributed by atoms with van der Waals surface area (Å²) in [6, 6.07) is 5.27. The number of fused-ring (bicyclic) bond motifs is 1. The van der Waals surface area contributed by atoms with Crippen molar-refractivity contribution in [2.45, 2.75) is 25.9 Å². The SMILES string of the molecule is C[C@@H]1CN(C(=O)c2cc(-c3c(F)cc(O)cc3F)cc3cnsc23)C[C@H](C)N1C. The van der Waals surface area contributed by atoms with Crippen LogP contribution < -0.4 is 0 Å². The zero-order valence-electron chi connectivity index (χ0n) is 16.3. The standard InChI is InChI=1S/C21H21F2N3O2S/c1-11-9-26(10-12(2)25(11)3)21(28)16-5-13(4-14-8-24-29-20(14)16)19-17(22)6-15(27)7-18(19)23/h4-8,11-12,27H,9-10H2,1-3H3/t11-,12+. The first-order valence-electron chi connectivity index (χ1n) is 9.34. The van der Waals surface area contributed by atoms with Crippen molar-refractivity contribution in [2.75, 3.05) is 20.1 Å². The fourth-order valence-corrected chi connectivity index (χ4v) is 4.60. The highest BCUT2D eigenvalue weighted by molar-refractivity contribution is 7.13. The van der Waals surface area contributed by atoms with Crippen molar-refractivity contribution in [3.63, 3.8) is 0 Å². The molecular weight excluding hydrogens is 396 g/mol. The van der Waals surface area contributed by atoms with E-state index in [9.17, 15) is 18.7 Å². The zero-order chi connectivity index (χ0) is 20.9. The van der Waals surface area contributed by atoms with Gasteiger partial charge in [0.25, 0.3) is 5.91 Å². The molecule has 1 N–H and O–H groups in total. The van der Waals surface area contributed by atoms with Gasteiger partial charge in [0.05, 0.1) is 15.8 Å². The Labute approximate surface area is 171 Å². The predicted molar refractivity (Wildman–Crippen MR) is 109 cm³/mol. The van der Waals surface area contributed by atoms with E-state index in [0.717, 1.165) is 12.1 Å². The van der Waals surface area contributed by atoms with Crippen LogP contribution in [0.25, 0.3) is 21.2 Å². The molecule has 3 aromatic rings. The number of piperazine rings is 1. The average Bonchev–Trinajstić information content (AvgIpc) is 3.12. The van der Waals surface area contributed by atoms with Crippen LogP contribution in [0, 0.1) is 11.6 Å². The van der Waals surface area contributed by atoms with Gasteiger partial charge in [0.2, 0.25) is 0 Å². The molecule has 0 radical (unpaired) electrons. The lowest BCUT2D eigenvalue weighted by molar-refractivity contribution is 0.0416. The first kappa shape index (κ1) is 19.7. The summed E-state index contributed by atoms with van der Waals surface area (Å²) in [5, 5.41) is 10.1. The van der Waals surface area contributed by atoms with Crippen molar-refractivity contribution >= 4 is 27.5 Å². The summed E-state index contributed by atoms with van der Waals surface area (Å²) in [7, 11) is 2.04. The van der Waals surface area contributed by atoms with E-state index in [0.29, 0.717) is 28.7 Å². The number of hydrogen-bond donors (Lipinski definition) is 1. The highest BCUT2D eigenvalue weighted by Crippen LogP contribution is 2.35. The number of carbonyl (C=O) groups is 1. The van der Waals surface area contributed by atoms with Crippen LogP contribution in [0.5, 0.6) is 5.75 Å². The average molecular weight is 417 g/mol. The van der Waals surface area contributed by atoms with E-state index in [-0.39, 0.29) is 29.1 Å². The number of halogens is 2. The quantitative estimate of drug-likeness (QED) is 0.682. The van der Waals surface area contributed by atoms with Crippen LogP contribution in [0.3, 0.4) is 0 Å². The number of aromatic hydroxyl groups is 1. The summed E-state index contributed by atoms with van der Waals surface area (Å²) in [6.07, 6.45) is 1.59. The monoisotopic (exact) mass is 417 g/mol. The minimum Gasteiger partial charge on any atom is -0.508 e. The summed E-state index contributed by atoms with van der Waals surface area (Å²) in [5.74, 6) is -2.43. The predicted octanol–water partition coefficient (Wildman–Crippen LogP) is 4.11. The molecular formula is C21H21F2N3O2S. The van der Waals surface area contributed by atoms with Gasteiger partial charge >= 0.3 is 0 Å². The van der Waals surface area contributed by atoms with Gasteiger partial charge in [-0.1, -0.05) is 0 Å². The molecule has 8 heteroatoms. The third-order valence-corrected chi connectivity index (χ3v) is 6.50. The fraction of sp³-hybridized carbons (Fsp3) is 0.333. The van der Waals surface area contributed by atoms with Crippen molar-refractivity contribution in [1.29, 1.82) is 0 Å². The second kappa shape index (κ2) is 7.35. The van der Waals surface area contributed by atoms with Crippen molar-refractivity contribution in [2.24, 2.45) is 0 Å². The third-order valence-electron chi connectivity index (χ3n) is 5.65. The normalized spacial score (nSPS) is 20.4. The van der Waals surface area contributed by atoms with Crippen LogP contribution in [0.1, 0.15) is 24.2 Å². The Hall–Kier alpha value is -2.58. The Morgan fingerprint density at radius 2 is 1.76 bits per heavy atom. The van der Waals surface area contributed by atoms with Gasteiger partial charge in [-0.15, -0.1) is 0 Å². The van der Waals surface area contributed by atoms with Gasteiger partial charge in [-0.2, -0.15) is 4.37 Å². The smallest absolute Gasteiger partial charge is 0.255 e. The number of phenols is 1. The highest BCUT2D eigenvalue weighted by Gasteiger charge is 2.31. The lowest BCUT2D eigenvalue weighted by Gasteiger charge is -2.42. The van der Waals surface area contributed by atoms with Gasteiger partial charge in [-0.3, -0.25) is 9.69 Å². The highest BCUT2D eigenvalue weighted by atomic mass is 32.1. The molecule has 4 rings (SSSR count). The van der Waals surface area contributed by atoms with Gasteiger partial charge < -0.3 is 10.0 Å². The van der Waals surface area contributed by atoms with E-state index in [1.807, 2.05) is 7.05 Å². The Morgan fingerprint density at radius 1 is 1.14 bits per heavy atom. The number of nitrogens with zero attached hydrogens (tertiary/aromatic N) is 3. The number of rotatable bonds is 2. The maximum atomic E-state index is 14.4. The Kier molecular flexibility index (Phi) is 5.00. The van der Waals surface area contributed by atoms with Crippen LogP contribution in [-0.2, 0) is 0 Å². The van der Waals surface area contributed by atoms with E-state index in [2.05, 4.69) is 23.1 Å². The molecule has 0 saturated carbocycles. The summed E-state index contributed by atoms with van der Waals surface area (Å²) < 4.78 is 33.7. The molecule has 1 aliphatic rings. The van der Waals surface area contributed by atoms with E-state index in [1.165, 1.54) is 17.6 Å². The third kappa shape index (κ3) is 3.47. The van der Waals surface area contributed by atoms with E-state index >= 15 is 0 Å². The van der Waals surface area contributed by atoms with Crippen LogP contribution in [0.2, 0.25) is 0 Å². The molecule has 1 aromatic heterocycles. The number of amides is 1. The minimum atomic E-state index is -0.884. The number of hydrogen-bond acceptors (Lipinski definition) is 5. The molecule has 2 aromatic carbocycles. The molecule has 1 fully saturated rings. The van der Waals surface area contributed by atoms with Crippen molar-refractivity contribution in [3.05, 3.63) is 47.7 Å². The lowest BCUT2D eigenvalue weighted by Crippen LogP contribution is -2.56. The number of phenolic OH excluding ortho intramolecular Hbond substituents is 1. The summed E-state index contributed by atoms with van der Waals surface area (Å²) in [5.41, 5.74) is 0.354. The number of carbonyl (C=O) groups excluding carboxylic acids is 1. The van der Waals surface area contributed by atoms with E-state index in [4.69, 9.17) is 0 Å². The Morgan fingerprint density at radius 3 is 2.38 bits per heavy atom. The fourth-order valence-electron chi connectivity index (χ4n) is 3.86. The Bertz CT molecular complexity index is 1070. The van der Waals surface area contributed by atoms with Gasteiger partial charge in [-0.25, -0.2) is 8.78 Å². The molecule has 0 spiro atoms. The Balaban J connectivity index is 1.82. The van der Waals surface area contributed by atoms with Crippen LogP contribution in [0.4, 0.5) is 8.78 Å².